The van der Waals surface area contributed by atoms with Crippen molar-refractivity contribution in [1.82, 2.24) is 5.32 Å². The summed E-state index contributed by atoms with van der Waals surface area (Å²) in [7, 11) is 0. The molecule has 0 aromatic heterocycles. The van der Waals surface area contributed by atoms with Gasteiger partial charge in [0.05, 0.1) is 5.69 Å². The predicted octanol–water partition coefficient (Wildman–Crippen LogP) is 1.83. The zero-order chi connectivity index (χ0) is 11.9. The molecule has 1 aliphatic rings. The van der Waals surface area contributed by atoms with Gasteiger partial charge in [0.2, 0.25) is 0 Å². The topological polar surface area (TPSA) is 32.3 Å². The van der Waals surface area contributed by atoms with Gasteiger partial charge in [-0.15, -0.1) is 0 Å². The molecule has 16 heavy (non-hydrogen) atoms. The monoisotopic (exact) mass is 238 g/mol. The van der Waals surface area contributed by atoms with Crippen molar-refractivity contribution in [2.24, 2.45) is 0 Å². The van der Waals surface area contributed by atoms with E-state index in [0.717, 1.165) is 0 Å². The third kappa shape index (κ3) is 1.57. The molecule has 0 aliphatic carbocycles. The molecular formula is C11H11FN2OS. The number of hydrogen-bond acceptors (Lipinski definition) is 2. The molecule has 0 bridgehead atoms. The molecule has 1 saturated heterocycles. The van der Waals surface area contributed by atoms with E-state index in [1.807, 2.05) is 0 Å². The van der Waals surface area contributed by atoms with Crippen LogP contribution >= 0.6 is 12.2 Å². The highest BCUT2D eigenvalue weighted by Crippen LogP contribution is 2.26. The second-order valence-corrected chi connectivity index (χ2v) is 4.53. The first-order chi connectivity index (χ1) is 7.43. The van der Waals surface area contributed by atoms with Crippen molar-refractivity contribution < 1.29 is 9.18 Å². The summed E-state index contributed by atoms with van der Waals surface area (Å²) in [4.78, 5) is 13.2. The zero-order valence-electron chi connectivity index (χ0n) is 8.95. The number of rotatable bonds is 1. The minimum atomic E-state index is -0.778. The highest BCUT2D eigenvalue weighted by molar-refractivity contribution is 7.80. The van der Waals surface area contributed by atoms with E-state index >= 15 is 0 Å². The molecule has 5 heteroatoms. The Morgan fingerprint density at radius 1 is 1.38 bits per heavy atom. The maximum atomic E-state index is 13.6. The number of hydrogen-bond donors (Lipinski definition) is 1. The lowest BCUT2D eigenvalue weighted by Crippen LogP contribution is -2.40. The van der Waals surface area contributed by atoms with Crippen LogP contribution in [0.15, 0.2) is 24.3 Å². The van der Waals surface area contributed by atoms with Crippen LogP contribution in [0.25, 0.3) is 0 Å². The van der Waals surface area contributed by atoms with Gasteiger partial charge in [-0.2, -0.15) is 0 Å². The lowest BCUT2D eigenvalue weighted by atomic mass is 10.1. The standard InChI is InChI=1S/C11H11FN2OS/c1-11(2)9(15)14(10(16)13-11)8-6-4-3-5-7(8)12/h3-6H,1-2H3,(H,13,16). The molecule has 0 atom stereocenters. The van der Waals surface area contributed by atoms with Crippen LogP contribution in [0.5, 0.6) is 0 Å². The van der Waals surface area contributed by atoms with Gasteiger partial charge >= 0.3 is 0 Å². The summed E-state index contributed by atoms with van der Waals surface area (Å²) < 4.78 is 13.6. The van der Waals surface area contributed by atoms with Gasteiger partial charge in [0, 0.05) is 0 Å². The number of halogens is 1. The number of benzene rings is 1. The van der Waals surface area contributed by atoms with E-state index in [0.29, 0.717) is 0 Å². The second-order valence-electron chi connectivity index (χ2n) is 4.15. The molecule has 1 aromatic carbocycles. The molecule has 2 rings (SSSR count). The first-order valence-electron chi connectivity index (χ1n) is 4.85. The van der Waals surface area contributed by atoms with Gasteiger partial charge in [-0.1, -0.05) is 12.1 Å². The Morgan fingerprint density at radius 3 is 2.50 bits per heavy atom. The van der Waals surface area contributed by atoms with Crippen molar-refractivity contribution in [3.05, 3.63) is 30.1 Å². The SMILES string of the molecule is CC1(C)NC(=S)N(c2ccccc2F)C1=O. The number of carbonyl (C=O) groups is 1. The van der Waals surface area contributed by atoms with Crippen molar-refractivity contribution in [3.63, 3.8) is 0 Å². The first-order valence-corrected chi connectivity index (χ1v) is 5.25. The van der Waals surface area contributed by atoms with E-state index in [4.69, 9.17) is 12.2 Å². The van der Waals surface area contributed by atoms with Crippen molar-refractivity contribution >= 4 is 28.9 Å². The van der Waals surface area contributed by atoms with Gasteiger partial charge in [-0.3, -0.25) is 9.69 Å². The fourth-order valence-corrected chi connectivity index (χ4v) is 2.04. The van der Waals surface area contributed by atoms with E-state index < -0.39 is 11.4 Å². The van der Waals surface area contributed by atoms with Crippen molar-refractivity contribution in [1.29, 1.82) is 0 Å². The van der Waals surface area contributed by atoms with Crippen molar-refractivity contribution in [3.8, 4) is 0 Å². The Labute approximate surface area is 98.2 Å². The van der Waals surface area contributed by atoms with Crippen LogP contribution < -0.4 is 10.2 Å². The predicted molar refractivity (Wildman–Crippen MR) is 63.7 cm³/mol. The molecular weight excluding hydrogens is 227 g/mol. The van der Waals surface area contributed by atoms with E-state index in [9.17, 15) is 9.18 Å². The largest absolute Gasteiger partial charge is 0.348 e. The summed E-state index contributed by atoms with van der Waals surface area (Å²) in [6, 6.07) is 6.07. The summed E-state index contributed by atoms with van der Waals surface area (Å²) in [5.74, 6) is -0.708. The molecule has 1 aliphatic heterocycles. The molecule has 0 saturated carbocycles. The Kier molecular flexibility index (Phi) is 2.42. The number of amides is 1. The number of nitrogens with one attached hydrogen (secondary N) is 1. The van der Waals surface area contributed by atoms with E-state index in [2.05, 4.69) is 5.32 Å². The molecule has 1 amide bonds. The summed E-state index contributed by atoms with van der Waals surface area (Å²) in [6.45, 7) is 3.42. The van der Waals surface area contributed by atoms with E-state index in [1.54, 1.807) is 26.0 Å². The smallest absolute Gasteiger partial charge is 0.258 e. The van der Waals surface area contributed by atoms with Crippen molar-refractivity contribution in [2.75, 3.05) is 4.90 Å². The quantitative estimate of drug-likeness (QED) is 0.757. The Hall–Kier alpha value is -1.49. The molecule has 3 nitrogen and oxygen atoms in total. The van der Waals surface area contributed by atoms with Crippen LogP contribution in [0.2, 0.25) is 0 Å². The molecule has 1 fully saturated rings. The molecule has 0 spiro atoms. The third-order valence-electron chi connectivity index (χ3n) is 2.45. The Balaban J connectivity index is 2.47. The van der Waals surface area contributed by atoms with Crippen LogP contribution in [0.1, 0.15) is 13.8 Å². The Morgan fingerprint density at radius 2 is 2.00 bits per heavy atom. The first kappa shape index (κ1) is 11.0. The van der Waals surface area contributed by atoms with Crippen molar-refractivity contribution in [2.45, 2.75) is 19.4 Å². The van der Waals surface area contributed by atoms with Gasteiger partial charge in [-0.25, -0.2) is 4.39 Å². The number of nitrogens with zero attached hydrogens (tertiary/aromatic N) is 1. The van der Waals surface area contributed by atoms with E-state index in [-0.39, 0.29) is 16.7 Å². The average Bonchev–Trinajstić information content (AvgIpc) is 2.39. The molecule has 0 unspecified atom stereocenters. The number of thiocarbonyl (C=S) groups is 1. The maximum Gasteiger partial charge on any atom is 0.258 e. The van der Waals surface area contributed by atoms with Crippen LogP contribution in [0, 0.1) is 5.82 Å². The Bertz CT molecular complexity index is 473. The molecule has 84 valence electrons. The number of carbonyl (C=O) groups excluding carboxylic acids is 1. The highest BCUT2D eigenvalue weighted by atomic mass is 32.1. The van der Waals surface area contributed by atoms with Crippen LogP contribution in [-0.2, 0) is 4.79 Å². The lowest BCUT2D eigenvalue weighted by Gasteiger charge is -2.17. The summed E-state index contributed by atoms with van der Waals surface area (Å²) in [5.41, 5.74) is -0.588. The fraction of sp³-hybridized carbons (Fsp3) is 0.273. The van der Waals surface area contributed by atoms with E-state index in [1.165, 1.54) is 17.0 Å². The number of anilines is 1. The highest BCUT2D eigenvalue weighted by Gasteiger charge is 2.43. The van der Waals surface area contributed by atoms with Gasteiger partial charge in [0.25, 0.3) is 5.91 Å². The summed E-state index contributed by atoms with van der Waals surface area (Å²) in [5, 5.41) is 3.10. The van der Waals surface area contributed by atoms with Gasteiger partial charge in [0.1, 0.15) is 11.4 Å². The molecule has 1 N–H and O–H groups in total. The summed E-state index contributed by atoms with van der Waals surface area (Å²) in [6.07, 6.45) is 0. The van der Waals surface area contributed by atoms with Crippen LogP contribution in [0.3, 0.4) is 0 Å². The molecule has 0 radical (unpaired) electrons. The van der Waals surface area contributed by atoms with Crippen LogP contribution in [0.4, 0.5) is 10.1 Å². The molecule has 1 aromatic rings. The van der Waals surface area contributed by atoms with Gasteiger partial charge < -0.3 is 5.32 Å². The second kappa shape index (κ2) is 3.52. The minimum Gasteiger partial charge on any atom is -0.348 e. The zero-order valence-corrected chi connectivity index (χ0v) is 9.77. The fourth-order valence-electron chi connectivity index (χ4n) is 1.60. The third-order valence-corrected chi connectivity index (χ3v) is 2.74. The van der Waals surface area contributed by atoms with Crippen LogP contribution in [-0.4, -0.2) is 16.6 Å². The maximum absolute atomic E-state index is 13.6. The normalized spacial score (nSPS) is 18.8. The van der Waals surface area contributed by atoms with Gasteiger partial charge in [0.15, 0.2) is 5.11 Å². The van der Waals surface area contributed by atoms with Gasteiger partial charge in [-0.05, 0) is 38.2 Å². The molecule has 1 heterocycles. The number of para-hydroxylation sites is 1. The lowest BCUT2D eigenvalue weighted by molar-refractivity contribution is -0.121. The average molecular weight is 238 g/mol. The minimum absolute atomic E-state index is 0.190. The summed E-state index contributed by atoms with van der Waals surface area (Å²) >= 11 is 5.04.